The molecule has 2 aliphatic heterocycles. The van der Waals surface area contributed by atoms with Gasteiger partial charge in [-0.25, -0.2) is 9.18 Å². The van der Waals surface area contributed by atoms with E-state index >= 15 is 0 Å². The second-order valence-electron chi connectivity index (χ2n) is 8.47. The lowest BCUT2D eigenvalue weighted by molar-refractivity contribution is 0.0223. The number of piperidine rings is 1. The Bertz CT molecular complexity index is 1080. The van der Waals surface area contributed by atoms with E-state index in [1.807, 2.05) is 0 Å². The van der Waals surface area contributed by atoms with E-state index in [0.717, 1.165) is 13.1 Å². The van der Waals surface area contributed by atoms with Gasteiger partial charge < -0.3 is 25.4 Å². The number of hydrogen-bond acceptors (Lipinski definition) is 8. The Morgan fingerprint density at radius 1 is 1.26 bits per heavy atom. The number of morpholine rings is 1. The zero-order valence-electron chi connectivity index (χ0n) is 19.2. The molecule has 1 aromatic carbocycles. The van der Waals surface area contributed by atoms with Gasteiger partial charge in [-0.15, -0.1) is 0 Å². The molecule has 35 heavy (non-hydrogen) atoms. The van der Waals surface area contributed by atoms with Crippen molar-refractivity contribution in [2.75, 3.05) is 57.9 Å². The number of carbonyl (C=O) groups excluding carboxylic acids is 2. The number of halogens is 1. The predicted molar refractivity (Wildman–Crippen MR) is 123 cm³/mol. The Labute approximate surface area is 202 Å². The minimum atomic E-state index is -0.704. The van der Waals surface area contributed by atoms with Crippen LogP contribution in [0.4, 0.5) is 20.7 Å². The van der Waals surface area contributed by atoms with Crippen LogP contribution in [-0.4, -0.2) is 84.1 Å². The molecule has 1 aromatic heterocycles. The van der Waals surface area contributed by atoms with E-state index in [4.69, 9.17) is 15.2 Å². The van der Waals surface area contributed by atoms with Crippen molar-refractivity contribution in [1.82, 2.24) is 19.6 Å². The van der Waals surface area contributed by atoms with Crippen LogP contribution in [0.25, 0.3) is 0 Å². The van der Waals surface area contributed by atoms with E-state index in [0.29, 0.717) is 38.4 Å². The first-order valence-corrected chi connectivity index (χ1v) is 11.5. The molecule has 2 amide bonds. The quantitative estimate of drug-likeness (QED) is 0.604. The van der Waals surface area contributed by atoms with Gasteiger partial charge in [0.15, 0.2) is 5.82 Å². The summed E-state index contributed by atoms with van der Waals surface area (Å²) >= 11 is 0. The largest absolute Gasteiger partial charge is 0.448 e. The third-order valence-electron chi connectivity index (χ3n) is 6.19. The molecule has 2 aromatic rings. The van der Waals surface area contributed by atoms with Crippen molar-refractivity contribution in [3.63, 3.8) is 0 Å². The van der Waals surface area contributed by atoms with Crippen LogP contribution in [0.15, 0.2) is 30.5 Å². The minimum Gasteiger partial charge on any atom is -0.448 e. The Morgan fingerprint density at radius 3 is 2.69 bits per heavy atom. The van der Waals surface area contributed by atoms with Gasteiger partial charge in [0.2, 0.25) is 0 Å². The van der Waals surface area contributed by atoms with Gasteiger partial charge >= 0.3 is 6.09 Å². The summed E-state index contributed by atoms with van der Waals surface area (Å²) in [4.78, 5) is 28.5. The third kappa shape index (κ3) is 6.06. The van der Waals surface area contributed by atoms with E-state index in [2.05, 4.69) is 21.4 Å². The van der Waals surface area contributed by atoms with E-state index in [9.17, 15) is 19.2 Å². The van der Waals surface area contributed by atoms with Crippen molar-refractivity contribution in [1.29, 1.82) is 5.26 Å². The second kappa shape index (κ2) is 11.2. The smallest absolute Gasteiger partial charge is 0.409 e. The highest BCUT2D eigenvalue weighted by Gasteiger charge is 2.35. The summed E-state index contributed by atoms with van der Waals surface area (Å²) < 4.78 is 25.5. The van der Waals surface area contributed by atoms with Crippen LogP contribution in [0.2, 0.25) is 0 Å². The number of carbonyl (C=O) groups is 2. The summed E-state index contributed by atoms with van der Waals surface area (Å²) in [6.07, 6.45) is 1.45. The highest BCUT2D eigenvalue weighted by molar-refractivity contribution is 5.98. The van der Waals surface area contributed by atoms with Crippen molar-refractivity contribution in [2.24, 2.45) is 11.7 Å². The number of nitrogens with two attached hydrogens (primary N) is 1. The number of aromatic nitrogens is 2. The fourth-order valence-corrected chi connectivity index (χ4v) is 4.20. The van der Waals surface area contributed by atoms with E-state index in [1.54, 1.807) is 4.90 Å². The first kappa shape index (κ1) is 24.4. The number of benzene rings is 1. The van der Waals surface area contributed by atoms with Crippen molar-refractivity contribution >= 4 is 23.5 Å². The normalized spacial score (nSPS) is 20.7. The molecule has 0 aliphatic carbocycles. The molecule has 3 heterocycles. The van der Waals surface area contributed by atoms with Crippen molar-refractivity contribution in [2.45, 2.75) is 12.5 Å². The number of nitrogens with one attached hydrogen (secondary N) is 1. The summed E-state index contributed by atoms with van der Waals surface area (Å²) in [6.45, 7) is 4.44. The Hall–Kier alpha value is -3.69. The van der Waals surface area contributed by atoms with Crippen LogP contribution in [0.5, 0.6) is 0 Å². The number of nitriles is 1. The van der Waals surface area contributed by atoms with Gasteiger partial charge in [-0.1, -0.05) is 0 Å². The van der Waals surface area contributed by atoms with Gasteiger partial charge in [0, 0.05) is 44.6 Å². The molecule has 2 aliphatic rings. The maximum Gasteiger partial charge on any atom is 0.409 e. The summed E-state index contributed by atoms with van der Waals surface area (Å²) in [5.74, 6) is -1.34. The lowest BCUT2D eigenvalue weighted by Crippen LogP contribution is -2.45. The zero-order valence-corrected chi connectivity index (χ0v) is 19.2. The van der Waals surface area contributed by atoms with Gasteiger partial charge in [-0.3, -0.25) is 14.4 Å². The lowest BCUT2D eigenvalue weighted by Gasteiger charge is -2.35. The SMILES string of the molecule is N#C[C@H]1CCN(C(=O)OCCN2CCOCC2)C[C@@H]1n1cc(C(N)=O)c(Nc2ccc(F)cc2)n1. The number of ether oxygens (including phenoxy) is 2. The number of hydrogen-bond donors (Lipinski definition) is 2. The van der Waals surface area contributed by atoms with Gasteiger partial charge in [0.25, 0.3) is 5.91 Å². The maximum atomic E-state index is 13.2. The Kier molecular flexibility index (Phi) is 7.79. The number of amides is 2. The molecule has 0 radical (unpaired) electrons. The molecule has 3 N–H and O–H groups in total. The molecule has 0 unspecified atom stereocenters. The third-order valence-corrected chi connectivity index (χ3v) is 6.19. The van der Waals surface area contributed by atoms with Gasteiger partial charge in [0.1, 0.15) is 18.0 Å². The first-order valence-electron chi connectivity index (χ1n) is 11.5. The summed E-state index contributed by atoms with van der Waals surface area (Å²) in [5, 5.41) is 17.1. The van der Waals surface area contributed by atoms with Crippen molar-refractivity contribution < 1.29 is 23.5 Å². The van der Waals surface area contributed by atoms with E-state index in [-0.39, 0.29) is 24.5 Å². The zero-order chi connectivity index (χ0) is 24.8. The highest BCUT2D eigenvalue weighted by Crippen LogP contribution is 2.30. The molecule has 0 saturated carbocycles. The van der Waals surface area contributed by atoms with Crippen LogP contribution in [0.1, 0.15) is 22.8 Å². The van der Waals surface area contributed by atoms with Gasteiger partial charge in [-0.2, -0.15) is 10.4 Å². The Balaban J connectivity index is 1.44. The average Bonchev–Trinajstić information content (AvgIpc) is 3.29. The standard InChI is InChI=1S/C23H28FN7O4/c24-17-1-3-18(4-2-17)27-22-19(21(26)32)14-31(28-22)20-15-30(6-5-16(20)13-25)23(33)35-12-9-29-7-10-34-11-8-29/h1-4,14,16,20H,5-12,15H2,(H2,26,32)(H,27,28)/t16-,20+/m1/s1. The van der Waals surface area contributed by atoms with E-state index in [1.165, 1.54) is 35.1 Å². The molecular formula is C23H28FN7O4. The average molecular weight is 486 g/mol. The summed E-state index contributed by atoms with van der Waals surface area (Å²) in [6, 6.07) is 7.34. The predicted octanol–water partition coefficient (Wildman–Crippen LogP) is 1.72. The molecule has 2 fully saturated rings. The van der Waals surface area contributed by atoms with Crippen LogP contribution in [0, 0.1) is 23.1 Å². The Morgan fingerprint density at radius 2 is 2.00 bits per heavy atom. The number of primary amides is 1. The topological polar surface area (TPSA) is 139 Å². The molecule has 2 saturated heterocycles. The molecule has 2 atom stereocenters. The van der Waals surface area contributed by atoms with Crippen LogP contribution in [0.3, 0.4) is 0 Å². The van der Waals surface area contributed by atoms with Gasteiger partial charge in [-0.05, 0) is 30.7 Å². The summed E-state index contributed by atoms with van der Waals surface area (Å²) in [5.41, 5.74) is 6.18. The number of likely N-dealkylation sites (tertiary alicyclic amines) is 1. The maximum absolute atomic E-state index is 13.2. The van der Waals surface area contributed by atoms with Crippen LogP contribution in [-0.2, 0) is 9.47 Å². The first-order chi connectivity index (χ1) is 16.9. The highest BCUT2D eigenvalue weighted by atomic mass is 19.1. The fourth-order valence-electron chi connectivity index (χ4n) is 4.20. The lowest BCUT2D eigenvalue weighted by atomic mass is 9.93. The molecule has 0 bridgehead atoms. The van der Waals surface area contributed by atoms with E-state index < -0.39 is 29.8 Å². The number of nitrogens with zero attached hydrogens (tertiary/aromatic N) is 5. The molecule has 0 spiro atoms. The van der Waals surface area contributed by atoms with Crippen molar-refractivity contribution in [3.05, 3.63) is 41.8 Å². The minimum absolute atomic E-state index is 0.122. The second-order valence-corrected chi connectivity index (χ2v) is 8.47. The molecule has 186 valence electrons. The number of rotatable bonds is 7. The van der Waals surface area contributed by atoms with Crippen molar-refractivity contribution in [3.8, 4) is 6.07 Å². The number of anilines is 2. The molecule has 11 nitrogen and oxygen atoms in total. The molecule has 12 heteroatoms. The molecule has 4 rings (SSSR count). The summed E-state index contributed by atoms with van der Waals surface area (Å²) in [7, 11) is 0. The van der Waals surface area contributed by atoms with Gasteiger partial charge in [0.05, 0.1) is 31.2 Å². The fraction of sp³-hybridized carbons (Fsp3) is 0.478. The monoisotopic (exact) mass is 485 g/mol. The molecular weight excluding hydrogens is 457 g/mol. The van der Waals surface area contributed by atoms with Crippen LogP contribution >= 0.6 is 0 Å². The van der Waals surface area contributed by atoms with Crippen LogP contribution < -0.4 is 11.1 Å².